The summed E-state index contributed by atoms with van der Waals surface area (Å²) in [6.45, 7) is 0. The molecule has 0 bridgehead atoms. The van der Waals surface area contributed by atoms with E-state index in [1.807, 2.05) is 0 Å². The van der Waals surface area contributed by atoms with E-state index in [2.05, 4.69) is 9.98 Å². The quantitative estimate of drug-likeness (QED) is 0.249. The van der Waals surface area contributed by atoms with Crippen molar-refractivity contribution in [3.8, 4) is 11.1 Å². The summed E-state index contributed by atoms with van der Waals surface area (Å²) < 4.78 is 25.9. The van der Waals surface area contributed by atoms with Crippen molar-refractivity contribution in [1.82, 2.24) is 0 Å². The number of nitrogens with zero attached hydrogens (tertiary/aromatic N) is 2. The molecule has 0 unspecified atom stereocenters. The van der Waals surface area contributed by atoms with Gasteiger partial charge in [-0.3, -0.25) is 14.1 Å². The first-order valence-corrected chi connectivity index (χ1v) is 9.62. The normalized spacial score (nSPS) is 10.1. The fraction of sp³-hybridized carbons (Fsp3) is 0.0588. The summed E-state index contributed by atoms with van der Waals surface area (Å²) in [6, 6.07) is 13.4. The van der Waals surface area contributed by atoms with Gasteiger partial charge in [-0.15, -0.1) is 0 Å². The van der Waals surface area contributed by atoms with Crippen LogP contribution in [0.3, 0.4) is 0 Å². The summed E-state index contributed by atoms with van der Waals surface area (Å²) in [6.07, 6.45) is 0.715. The largest absolute Gasteiger partial charge is 0.370 e. The summed E-state index contributed by atoms with van der Waals surface area (Å²) >= 11 is 0. The maximum atomic E-state index is 11.9. The van der Waals surface area contributed by atoms with Crippen molar-refractivity contribution in [2.75, 3.05) is 6.26 Å². The topological polar surface area (TPSA) is 217 Å². The number of hydrogen-bond acceptors (Lipinski definition) is 4. The minimum absolute atomic E-state index is 0.310. The van der Waals surface area contributed by atoms with Crippen LogP contribution in [-0.2, 0) is 10.1 Å². The molecule has 154 valence electrons. The van der Waals surface area contributed by atoms with Crippen molar-refractivity contribution in [3.63, 3.8) is 0 Å². The molecular formula is C17H20N6O5S. The smallest absolute Gasteiger partial charge is 0.280 e. The average molecular weight is 420 g/mol. The monoisotopic (exact) mass is 420 g/mol. The number of hydrogen-bond donors (Lipinski definition) is 5. The molecule has 0 radical (unpaired) electrons. The number of carbonyl (C=O) groups is 2. The molecule has 2 aromatic carbocycles. The van der Waals surface area contributed by atoms with E-state index in [0.717, 1.165) is 0 Å². The lowest BCUT2D eigenvalue weighted by Crippen LogP contribution is -2.24. The third-order valence-corrected chi connectivity index (χ3v) is 3.01. The molecule has 0 spiro atoms. The van der Waals surface area contributed by atoms with Gasteiger partial charge in [-0.2, -0.15) is 18.4 Å². The maximum Gasteiger partial charge on any atom is 0.280 e. The summed E-state index contributed by atoms with van der Waals surface area (Å²) in [7, 11) is -3.67. The molecule has 2 rings (SSSR count). The van der Waals surface area contributed by atoms with E-state index in [9.17, 15) is 18.0 Å². The molecule has 0 fully saturated rings. The molecule has 0 atom stereocenters. The zero-order valence-corrected chi connectivity index (χ0v) is 16.1. The third-order valence-electron chi connectivity index (χ3n) is 3.01. The molecule has 12 heteroatoms. The van der Waals surface area contributed by atoms with Crippen molar-refractivity contribution in [2.24, 2.45) is 32.9 Å². The fourth-order valence-corrected chi connectivity index (χ4v) is 2.03. The fourth-order valence-electron chi connectivity index (χ4n) is 2.03. The minimum atomic E-state index is -3.67. The maximum absolute atomic E-state index is 11.9. The number of carbonyl (C=O) groups excluding carboxylic acids is 2. The summed E-state index contributed by atoms with van der Waals surface area (Å²) in [5.74, 6) is -1.72. The minimum Gasteiger partial charge on any atom is -0.370 e. The molecule has 2 aromatic rings. The van der Waals surface area contributed by atoms with E-state index >= 15 is 0 Å². The van der Waals surface area contributed by atoms with E-state index in [-0.39, 0.29) is 11.9 Å². The van der Waals surface area contributed by atoms with Crippen LogP contribution in [0.5, 0.6) is 0 Å². The van der Waals surface area contributed by atoms with Crippen LogP contribution in [-0.4, -0.2) is 43.0 Å². The van der Waals surface area contributed by atoms with Crippen LogP contribution in [0.25, 0.3) is 11.1 Å². The Labute approximate surface area is 166 Å². The van der Waals surface area contributed by atoms with E-state index in [0.29, 0.717) is 28.5 Å². The van der Waals surface area contributed by atoms with Crippen LogP contribution >= 0.6 is 0 Å². The van der Waals surface area contributed by atoms with Gasteiger partial charge in [0.05, 0.1) is 6.26 Å². The number of aliphatic imine (C=N–C) groups is 2. The van der Waals surface area contributed by atoms with Gasteiger partial charge in [0.25, 0.3) is 21.9 Å². The summed E-state index contributed by atoms with van der Waals surface area (Å²) in [5, 5.41) is 0. The van der Waals surface area contributed by atoms with E-state index in [1.54, 1.807) is 48.5 Å². The van der Waals surface area contributed by atoms with Crippen LogP contribution in [0.4, 0.5) is 0 Å². The Kier molecular flexibility index (Phi) is 7.99. The predicted molar refractivity (Wildman–Crippen MR) is 110 cm³/mol. The average Bonchev–Trinajstić information content (AvgIpc) is 2.59. The van der Waals surface area contributed by atoms with Gasteiger partial charge in [0.2, 0.25) is 0 Å². The lowest BCUT2D eigenvalue weighted by atomic mass is 10.0. The number of benzene rings is 2. The van der Waals surface area contributed by atoms with Gasteiger partial charge in [0.15, 0.2) is 11.9 Å². The Balaban J connectivity index is 0.000000749. The molecule has 0 aromatic heterocycles. The zero-order valence-electron chi connectivity index (χ0n) is 15.3. The van der Waals surface area contributed by atoms with Gasteiger partial charge >= 0.3 is 0 Å². The molecule has 29 heavy (non-hydrogen) atoms. The lowest BCUT2D eigenvalue weighted by Gasteiger charge is -2.05. The number of amides is 2. The molecular weight excluding hydrogens is 400 g/mol. The summed E-state index contributed by atoms with van der Waals surface area (Å²) in [5.41, 5.74) is 22.9. The molecule has 0 aliphatic heterocycles. The van der Waals surface area contributed by atoms with E-state index in [4.69, 9.17) is 27.5 Å². The van der Waals surface area contributed by atoms with Crippen molar-refractivity contribution in [1.29, 1.82) is 0 Å². The Morgan fingerprint density at radius 3 is 1.38 bits per heavy atom. The van der Waals surface area contributed by atoms with E-state index in [1.165, 1.54) is 0 Å². The predicted octanol–water partition coefficient (Wildman–Crippen LogP) is -0.315. The molecule has 9 N–H and O–H groups in total. The highest BCUT2D eigenvalue weighted by atomic mass is 32.2. The first kappa shape index (κ1) is 23.3. The highest BCUT2D eigenvalue weighted by Gasteiger charge is 2.09. The van der Waals surface area contributed by atoms with Gasteiger partial charge in [-0.05, 0) is 35.4 Å². The van der Waals surface area contributed by atoms with Gasteiger partial charge < -0.3 is 22.9 Å². The van der Waals surface area contributed by atoms with Gasteiger partial charge in [0.1, 0.15) is 0 Å². The first-order valence-electron chi connectivity index (χ1n) is 7.77. The molecule has 2 amide bonds. The molecule has 11 nitrogen and oxygen atoms in total. The molecule has 0 saturated carbocycles. The number of rotatable bonds is 3. The van der Waals surface area contributed by atoms with Crippen molar-refractivity contribution in [2.45, 2.75) is 0 Å². The van der Waals surface area contributed by atoms with Crippen LogP contribution in [0.15, 0.2) is 58.5 Å². The Hall–Kier alpha value is -3.77. The standard InChI is InChI=1S/C16H16N6O2.CH4O3S/c17-15(18)21-13(23)11-5-1-3-9(7-11)10-4-2-6-12(8-10)14(24)22-16(19)20;1-5(2,3)4/h1-8H,(H4,17,18,21,23)(H4,19,20,22,24);1H3,(H,2,3,4). The highest BCUT2D eigenvalue weighted by Crippen LogP contribution is 2.22. The van der Waals surface area contributed by atoms with Gasteiger partial charge in [-0.1, -0.05) is 24.3 Å². The van der Waals surface area contributed by atoms with Gasteiger partial charge in [-0.25, -0.2) is 0 Å². The molecule has 0 aliphatic carbocycles. The Morgan fingerprint density at radius 1 is 0.793 bits per heavy atom. The molecule has 0 saturated heterocycles. The van der Waals surface area contributed by atoms with Crippen molar-refractivity contribution >= 4 is 33.9 Å². The first-order chi connectivity index (χ1) is 13.4. The third kappa shape index (κ3) is 9.12. The van der Waals surface area contributed by atoms with Crippen LogP contribution in [0, 0.1) is 0 Å². The second kappa shape index (κ2) is 9.96. The van der Waals surface area contributed by atoms with Crippen molar-refractivity contribution < 1.29 is 22.6 Å². The summed E-state index contributed by atoms with van der Waals surface area (Å²) in [4.78, 5) is 30.8. The number of guanidine groups is 2. The van der Waals surface area contributed by atoms with Crippen LogP contribution in [0.1, 0.15) is 20.7 Å². The van der Waals surface area contributed by atoms with Crippen LogP contribution in [0.2, 0.25) is 0 Å². The Bertz CT molecular complexity index is 992. The Morgan fingerprint density at radius 2 is 1.10 bits per heavy atom. The SMILES string of the molecule is CS(=O)(=O)O.NC(N)=NC(=O)c1cccc(-c2cccc(C(=O)N=C(N)N)c2)c1. The lowest BCUT2D eigenvalue weighted by molar-refractivity contribution is 0.0994. The molecule has 0 heterocycles. The molecule has 0 aliphatic rings. The van der Waals surface area contributed by atoms with E-state index < -0.39 is 21.9 Å². The van der Waals surface area contributed by atoms with Crippen molar-refractivity contribution in [3.05, 3.63) is 59.7 Å². The second-order valence-corrected chi connectivity index (χ2v) is 7.04. The highest BCUT2D eigenvalue weighted by molar-refractivity contribution is 7.85. The van der Waals surface area contributed by atoms with Gasteiger partial charge in [0, 0.05) is 11.1 Å². The second-order valence-electron chi connectivity index (χ2n) is 5.58. The van der Waals surface area contributed by atoms with Crippen LogP contribution < -0.4 is 22.9 Å². The number of nitrogens with two attached hydrogens (primary N) is 4. The zero-order chi connectivity index (χ0) is 22.2.